The quantitative estimate of drug-likeness (QED) is 0.836. The summed E-state index contributed by atoms with van der Waals surface area (Å²) < 4.78 is 5.32. The Morgan fingerprint density at radius 1 is 0.944 bits per heavy atom. The molecule has 6 heteroatoms. The Labute approximate surface area is 114 Å². The van der Waals surface area contributed by atoms with Crippen molar-refractivity contribution >= 4 is 23.5 Å². The molecular formula is C12H11N3OS2. The second-order valence-corrected chi connectivity index (χ2v) is 5.21. The van der Waals surface area contributed by atoms with Crippen LogP contribution in [0.5, 0.6) is 11.8 Å². The fourth-order valence-electron chi connectivity index (χ4n) is 1.07. The van der Waals surface area contributed by atoms with E-state index in [9.17, 15) is 0 Å². The van der Waals surface area contributed by atoms with Crippen LogP contribution < -0.4 is 4.74 Å². The van der Waals surface area contributed by atoms with E-state index < -0.39 is 0 Å². The molecular weight excluding hydrogens is 266 g/mol. The molecule has 0 aliphatic carbocycles. The number of hydrogen-bond donors (Lipinski definition) is 0. The summed E-state index contributed by atoms with van der Waals surface area (Å²) in [6.07, 6.45) is 2.79. The van der Waals surface area contributed by atoms with Crippen molar-refractivity contribution in [3.8, 4) is 11.8 Å². The van der Waals surface area contributed by atoms with Crippen molar-refractivity contribution in [3.05, 3.63) is 53.8 Å². The molecule has 0 radical (unpaired) electrons. The van der Waals surface area contributed by atoms with Crippen LogP contribution in [0.15, 0.2) is 53.8 Å². The Morgan fingerprint density at radius 3 is 2.17 bits per heavy atom. The van der Waals surface area contributed by atoms with Crippen molar-refractivity contribution < 1.29 is 4.74 Å². The second kappa shape index (κ2) is 7.73. The van der Waals surface area contributed by atoms with E-state index in [4.69, 9.17) is 4.74 Å². The molecule has 0 fully saturated rings. The van der Waals surface area contributed by atoms with Gasteiger partial charge in [-0.15, -0.1) is 23.5 Å². The molecule has 1 aliphatic heterocycles. The zero-order chi connectivity index (χ0) is 12.5. The van der Waals surface area contributed by atoms with Gasteiger partial charge in [-0.2, -0.15) is 9.97 Å². The number of rotatable bonds is 2. The third-order valence-electron chi connectivity index (χ3n) is 1.81. The van der Waals surface area contributed by atoms with Crippen LogP contribution in [0.2, 0.25) is 0 Å². The minimum absolute atomic E-state index is 0.307. The number of aromatic nitrogens is 3. The topological polar surface area (TPSA) is 47.9 Å². The Bertz CT molecular complexity index is 436. The molecule has 0 N–H and O–H groups in total. The van der Waals surface area contributed by atoms with Gasteiger partial charge in [0.15, 0.2) is 0 Å². The molecule has 1 aromatic heterocycles. The molecule has 0 spiro atoms. The minimum Gasteiger partial charge on any atom is -0.424 e. The Hall–Kier alpha value is -1.53. The number of para-hydroxylation sites is 1. The van der Waals surface area contributed by atoms with Gasteiger partial charge in [-0.1, -0.05) is 18.2 Å². The Kier molecular flexibility index (Phi) is 5.55. The van der Waals surface area contributed by atoms with E-state index in [-0.39, 0.29) is 0 Å². The fraction of sp³-hybridized carbons (Fsp3) is 0.0833. The summed E-state index contributed by atoms with van der Waals surface area (Å²) >= 11 is 3.71. The van der Waals surface area contributed by atoms with E-state index in [0.29, 0.717) is 11.8 Å². The van der Waals surface area contributed by atoms with Crippen LogP contribution in [-0.2, 0) is 0 Å². The van der Waals surface area contributed by atoms with E-state index in [1.807, 2.05) is 53.9 Å². The molecule has 92 valence electrons. The summed E-state index contributed by atoms with van der Waals surface area (Å²) in [5.74, 6) is 0.716. The first-order chi connectivity index (χ1) is 8.95. The molecule has 0 atom stereocenters. The van der Waals surface area contributed by atoms with Crippen LogP contribution in [0.1, 0.15) is 0 Å². The molecule has 18 heavy (non-hydrogen) atoms. The molecule has 0 bridgehead atoms. The van der Waals surface area contributed by atoms with Crippen LogP contribution in [-0.4, -0.2) is 20.0 Å². The average Bonchev–Trinajstić information content (AvgIpc) is 3.00. The molecule has 1 aromatic carbocycles. The average molecular weight is 277 g/mol. The normalized spacial score (nSPS) is 12.7. The molecule has 1 aliphatic rings. The smallest absolute Gasteiger partial charge is 0.324 e. The number of benzene rings is 1. The van der Waals surface area contributed by atoms with E-state index in [2.05, 4.69) is 25.8 Å². The fourth-order valence-corrected chi connectivity index (χ4v) is 2.64. The highest BCUT2D eigenvalue weighted by Crippen LogP contribution is 2.22. The predicted octanol–water partition coefficient (Wildman–Crippen LogP) is 3.56. The van der Waals surface area contributed by atoms with Crippen LogP contribution in [0.4, 0.5) is 0 Å². The number of ether oxygens (including phenoxy) is 1. The van der Waals surface area contributed by atoms with Crippen molar-refractivity contribution in [2.24, 2.45) is 0 Å². The third-order valence-corrected chi connectivity index (χ3v) is 3.72. The van der Waals surface area contributed by atoms with Crippen molar-refractivity contribution in [2.75, 3.05) is 5.08 Å². The molecule has 0 unspecified atom stereocenters. The highest BCUT2D eigenvalue weighted by Gasteiger charge is 1.96. The van der Waals surface area contributed by atoms with Gasteiger partial charge in [0.1, 0.15) is 18.4 Å². The summed E-state index contributed by atoms with van der Waals surface area (Å²) in [4.78, 5) is 11.3. The lowest BCUT2D eigenvalue weighted by Gasteiger charge is -2.00. The first-order valence-electron chi connectivity index (χ1n) is 5.18. The first-order valence-corrected chi connectivity index (χ1v) is 7.28. The highest BCUT2D eigenvalue weighted by molar-refractivity contribution is 8.21. The summed E-state index contributed by atoms with van der Waals surface area (Å²) in [5, 5.41) is 5.45. The largest absolute Gasteiger partial charge is 0.424 e. The van der Waals surface area contributed by atoms with Crippen LogP contribution in [0, 0.1) is 0 Å². The highest BCUT2D eigenvalue weighted by atomic mass is 32.2. The third kappa shape index (κ3) is 4.77. The SMILES string of the molecule is C1=CSCS1.c1ccc(Oc2ncncn2)cc1. The molecule has 0 amide bonds. The maximum absolute atomic E-state index is 5.32. The number of hydrogen-bond acceptors (Lipinski definition) is 6. The van der Waals surface area contributed by atoms with Gasteiger partial charge in [0.2, 0.25) is 0 Å². The first kappa shape index (κ1) is 12.9. The zero-order valence-electron chi connectivity index (χ0n) is 9.47. The Balaban J connectivity index is 0.000000202. The van der Waals surface area contributed by atoms with Crippen LogP contribution in [0.25, 0.3) is 0 Å². The van der Waals surface area contributed by atoms with Crippen molar-refractivity contribution in [1.29, 1.82) is 0 Å². The molecule has 2 aromatic rings. The lowest BCUT2D eigenvalue weighted by atomic mass is 10.3. The Morgan fingerprint density at radius 2 is 1.61 bits per heavy atom. The molecule has 0 saturated carbocycles. The van der Waals surface area contributed by atoms with Crippen molar-refractivity contribution in [3.63, 3.8) is 0 Å². The standard InChI is InChI=1S/C9H7N3O.C3H4S2/c1-2-4-8(5-3-1)13-9-11-6-10-7-12-9;1-2-5-3-4-1/h1-7H;1-2H,3H2. The van der Waals surface area contributed by atoms with Gasteiger partial charge in [0, 0.05) is 5.08 Å². The van der Waals surface area contributed by atoms with Gasteiger partial charge in [0.05, 0.1) is 0 Å². The molecule has 0 saturated heterocycles. The van der Waals surface area contributed by atoms with E-state index in [1.54, 1.807) is 0 Å². The lowest BCUT2D eigenvalue weighted by Crippen LogP contribution is -1.90. The molecule has 2 heterocycles. The van der Waals surface area contributed by atoms with E-state index in [1.165, 1.54) is 17.7 Å². The molecule has 3 rings (SSSR count). The summed E-state index contributed by atoms with van der Waals surface area (Å²) in [7, 11) is 0. The molecule has 4 nitrogen and oxygen atoms in total. The summed E-state index contributed by atoms with van der Waals surface area (Å²) in [5.41, 5.74) is 0. The van der Waals surface area contributed by atoms with Gasteiger partial charge in [-0.25, -0.2) is 4.98 Å². The maximum atomic E-state index is 5.32. The maximum Gasteiger partial charge on any atom is 0.324 e. The second-order valence-electron chi connectivity index (χ2n) is 3.06. The van der Waals surface area contributed by atoms with Gasteiger partial charge >= 0.3 is 6.01 Å². The van der Waals surface area contributed by atoms with Gasteiger partial charge in [-0.05, 0) is 22.9 Å². The summed E-state index contributed by atoms with van der Waals surface area (Å²) in [6.45, 7) is 0. The van der Waals surface area contributed by atoms with Crippen molar-refractivity contribution in [1.82, 2.24) is 15.0 Å². The van der Waals surface area contributed by atoms with E-state index in [0.717, 1.165) is 0 Å². The van der Waals surface area contributed by atoms with Crippen LogP contribution in [0.3, 0.4) is 0 Å². The predicted molar refractivity (Wildman–Crippen MR) is 75.5 cm³/mol. The monoisotopic (exact) mass is 277 g/mol. The number of nitrogens with zero attached hydrogens (tertiary/aromatic N) is 3. The van der Waals surface area contributed by atoms with Gasteiger partial charge in [-0.3, -0.25) is 0 Å². The zero-order valence-corrected chi connectivity index (χ0v) is 11.1. The minimum atomic E-state index is 0.307. The van der Waals surface area contributed by atoms with Gasteiger partial charge in [0.25, 0.3) is 0 Å². The van der Waals surface area contributed by atoms with Crippen molar-refractivity contribution in [2.45, 2.75) is 0 Å². The van der Waals surface area contributed by atoms with Crippen LogP contribution >= 0.6 is 23.5 Å². The summed E-state index contributed by atoms with van der Waals surface area (Å²) in [6, 6.07) is 9.67. The van der Waals surface area contributed by atoms with Gasteiger partial charge < -0.3 is 4.74 Å². The van der Waals surface area contributed by atoms with E-state index >= 15 is 0 Å². The number of thioether (sulfide) groups is 2. The lowest BCUT2D eigenvalue weighted by molar-refractivity contribution is 0.439.